The van der Waals surface area contributed by atoms with Gasteiger partial charge in [-0.15, -0.1) is 0 Å². The number of phenolic OH excluding ortho intramolecular Hbond substituents is 1. The first-order valence-corrected chi connectivity index (χ1v) is 4.54. The lowest BCUT2D eigenvalue weighted by Crippen LogP contribution is -2.00. The summed E-state index contributed by atoms with van der Waals surface area (Å²) in [4.78, 5) is 10.9. The molecule has 0 saturated carbocycles. The highest BCUT2D eigenvalue weighted by Crippen LogP contribution is 2.30. The number of fused-ring (bicyclic) bond motifs is 1. The Balaban J connectivity index is 2.64. The molecular weight excluding hydrogens is 194 g/mol. The van der Waals surface area contributed by atoms with Crippen molar-refractivity contribution in [3.63, 3.8) is 0 Å². The molecular formula is C11H11NO3. The summed E-state index contributed by atoms with van der Waals surface area (Å²) in [5.74, 6) is 0.254. The number of rotatable bonds is 1. The Bertz CT molecular complexity index is 528. The number of aromatic nitrogens is 1. The molecule has 4 nitrogen and oxygen atoms in total. The molecule has 1 N–H and O–H groups in total. The molecule has 78 valence electrons. The topological polar surface area (TPSA) is 51.5 Å². The molecule has 0 unspecified atom stereocenters. The number of hydrogen-bond acceptors (Lipinski definition) is 3. The van der Waals surface area contributed by atoms with Gasteiger partial charge in [0, 0.05) is 25.6 Å². The van der Waals surface area contributed by atoms with E-state index in [9.17, 15) is 9.90 Å². The van der Waals surface area contributed by atoms with Crippen molar-refractivity contribution < 1.29 is 14.6 Å². The van der Waals surface area contributed by atoms with Crippen LogP contribution in [0.15, 0.2) is 24.4 Å². The van der Waals surface area contributed by atoms with Crippen LogP contribution in [0.25, 0.3) is 10.9 Å². The van der Waals surface area contributed by atoms with Crippen molar-refractivity contribution in [3.05, 3.63) is 24.4 Å². The number of nitrogens with zero attached hydrogens (tertiary/aromatic N) is 1. The third-order valence-corrected chi connectivity index (χ3v) is 2.19. The van der Waals surface area contributed by atoms with Gasteiger partial charge in [0.2, 0.25) is 0 Å². The van der Waals surface area contributed by atoms with Gasteiger partial charge in [-0.25, -0.2) is 0 Å². The Morgan fingerprint density at radius 1 is 1.47 bits per heavy atom. The van der Waals surface area contributed by atoms with Gasteiger partial charge in [-0.3, -0.25) is 4.79 Å². The number of carbonyl (C=O) groups is 1. The van der Waals surface area contributed by atoms with Crippen molar-refractivity contribution in [1.82, 2.24) is 4.57 Å². The lowest BCUT2D eigenvalue weighted by molar-refractivity contribution is -0.131. The summed E-state index contributed by atoms with van der Waals surface area (Å²) >= 11 is 0. The molecule has 1 aromatic heterocycles. The predicted molar refractivity (Wildman–Crippen MR) is 55.9 cm³/mol. The zero-order valence-corrected chi connectivity index (χ0v) is 8.52. The molecule has 1 aromatic carbocycles. The van der Waals surface area contributed by atoms with Crippen LogP contribution in [0.4, 0.5) is 0 Å². The quantitative estimate of drug-likeness (QED) is 0.722. The summed E-state index contributed by atoms with van der Waals surface area (Å²) in [5.41, 5.74) is 0.907. The number of aromatic hydroxyl groups is 1. The zero-order valence-electron chi connectivity index (χ0n) is 8.52. The minimum absolute atomic E-state index is 0.155. The average Bonchev–Trinajstić information content (AvgIpc) is 2.42. The van der Waals surface area contributed by atoms with Gasteiger partial charge in [0.15, 0.2) is 5.75 Å². The summed E-state index contributed by atoms with van der Waals surface area (Å²) in [5, 5.41) is 10.1. The van der Waals surface area contributed by atoms with Crippen LogP contribution in [-0.2, 0) is 11.8 Å². The number of aryl methyl sites for hydroxylation is 1. The van der Waals surface area contributed by atoms with Gasteiger partial charge in [-0.1, -0.05) is 0 Å². The molecule has 15 heavy (non-hydrogen) atoms. The molecule has 0 amide bonds. The van der Waals surface area contributed by atoms with E-state index >= 15 is 0 Å². The van der Waals surface area contributed by atoms with E-state index in [-0.39, 0.29) is 11.7 Å². The van der Waals surface area contributed by atoms with Crippen LogP contribution < -0.4 is 4.74 Å². The molecule has 0 radical (unpaired) electrons. The Hall–Kier alpha value is -1.97. The molecule has 2 aromatic rings. The molecule has 0 atom stereocenters. The first-order chi connectivity index (χ1) is 7.08. The van der Waals surface area contributed by atoms with Crippen molar-refractivity contribution in [2.45, 2.75) is 6.92 Å². The van der Waals surface area contributed by atoms with Crippen molar-refractivity contribution in [2.75, 3.05) is 0 Å². The molecule has 0 bridgehead atoms. The highest BCUT2D eigenvalue weighted by Gasteiger charge is 2.09. The molecule has 0 aliphatic heterocycles. The van der Waals surface area contributed by atoms with E-state index < -0.39 is 0 Å². The second-order valence-corrected chi connectivity index (χ2v) is 3.40. The maximum atomic E-state index is 10.9. The minimum Gasteiger partial charge on any atom is -0.508 e. The Labute approximate surface area is 86.7 Å². The Morgan fingerprint density at radius 3 is 2.87 bits per heavy atom. The van der Waals surface area contributed by atoms with E-state index in [1.165, 1.54) is 6.92 Å². The van der Waals surface area contributed by atoms with Crippen LogP contribution in [0, 0.1) is 0 Å². The van der Waals surface area contributed by atoms with Crippen molar-refractivity contribution in [3.8, 4) is 11.5 Å². The summed E-state index contributed by atoms with van der Waals surface area (Å²) in [6.45, 7) is 1.35. The largest absolute Gasteiger partial charge is 0.508 e. The van der Waals surface area contributed by atoms with Crippen molar-refractivity contribution in [1.29, 1.82) is 0 Å². The Kier molecular flexibility index (Phi) is 2.11. The SMILES string of the molecule is CC(=O)Oc1cn(C)c2ccc(O)cc12. The van der Waals surface area contributed by atoms with Gasteiger partial charge in [-0.2, -0.15) is 0 Å². The van der Waals surface area contributed by atoms with Crippen LogP contribution >= 0.6 is 0 Å². The standard InChI is InChI=1S/C11H11NO3/c1-7(13)15-11-6-12(2)10-4-3-8(14)5-9(10)11/h3-6,14H,1-2H3. The molecule has 0 aliphatic rings. The maximum Gasteiger partial charge on any atom is 0.308 e. The molecule has 0 aliphatic carbocycles. The summed E-state index contributed by atoms with van der Waals surface area (Å²) in [6.07, 6.45) is 1.71. The minimum atomic E-state index is -0.370. The summed E-state index contributed by atoms with van der Waals surface area (Å²) < 4.78 is 6.87. The van der Waals surface area contributed by atoms with Crippen molar-refractivity contribution >= 4 is 16.9 Å². The molecule has 4 heteroatoms. The third kappa shape index (κ3) is 1.66. The first kappa shape index (κ1) is 9.58. The van der Waals surface area contributed by atoms with E-state index in [4.69, 9.17) is 4.74 Å². The summed E-state index contributed by atoms with van der Waals surface area (Å²) in [6, 6.07) is 4.95. The fourth-order valence-corrected chi connectivity index (χ4v) is 1.58. The van der Waals surface area contributed by atoms with Gasteiger partial charge in [0.1, 0.15) is 5.75 Å². The average molecular weight is 205 g/mol. The van der Waals surface area contributed by atoms with Crippen LogP contribution in [0.5, 0.6) is 11.5 Å². The first-order valence-electron chi connectivity index (χ1n) is 4.54. The van der Waals surface area contributed by atoms with E-state index in [0.29, 0.717) is 5.75 Å². The number of hydrogen-bond donors (Lipinski definition) is 1. The number of ether oxygens (including phenoxy) is 1. The third-order valence-electron chi connectivity index (χ3n) is 2.19. The van der Waals surface area contributed by atoms with Crippen LogP contribution in [-0.4, -0.2) is 15.6 Å². The van der Waals surface area contributed by atoms with Crippen LogP contribution in [0.2, 0.25) is 0 Å². The molecule has 1 heterocycles. The number of carbonyl (C=O) groups excluding carboxylic acids is 1. The van der Waals surface area contributed by atoms with Gasteiger partial charge in [0.05, 0.1) is 5.52 Å². The van der Waals surface area contributed by atoms with Gasteiger partial charge >= 0.3 is 5.97 Å². The summed E-state index contributed by atoms with van der Waals surface area (Å²) in [7, 11) is 1.85. The van der Waals surface area contributed by atoms with Crippen molar-refractivity contribution in [2.24, 2.45) is 7.05 Å². The number of benzene rings is 1. The smallest absolute Gasteiger partial charge is 0.308 e. The van der Waals surface area contributed by atoms with Gasteiger partial charge < -0.3 is 14.4 Å². The highest BCUT2D eigenvalue weighted by atomic mass is 16.5. The lowest BCUT2D eigenvalue weighted by atomic mass is 10.2. The predicted octanol–water partition coefficient (Wildman–Crippen LogP) is 1.81. The molecule has 0 fully saturated rings. The second kappa shape index (κ2) is 3.31. The fourth-order valence-electron chi connectivity index (χ4n) is 1.58. The van der Waals surface area contributed by atoms with Gasteiger partial charge in [-0.05, 0) is 18.2 Å². The van der Waals surface area contributed by atoms with E-state index in [0.717, 1.165) is 10.9 Å². The van der Waals surface area contributed by atoms with Gasteiger partial charge in [0.25, 0.3) is 0 Å². The monoisotopic (exact) mass is 205 g/mol. The molecule has 0 saturated heterocycles. The number of esters is 1. The zero-order chi connectivity index (χ0) is 11.0. The second-order valence-electron chi connectivity index (χ2n) is 3.40. The fraction of sp³-hybridized carbons (Fsp3) is 0.182. The molecule has 2 rings (SSSR count). The van der Waals surface area contributed by atoms with Crippen LogP contribution in [0.3, 0.4) is 0 Å². The number of phenols is 1. The van der Waals surface area contributed by atoms with E-state index in [2.05, 4.69) is 0 Å². The van der Waals surface area contributed by atoms with E-state index in [1.807, 2.05) is 11.6 Å². The highest BCUT2D eigenvalue weighted by molar-refractivity contribution is 5.90. The lowest BCUT2D eigenvalue weighted by Gasteiger charge is -1.98. The Morgan fingerprint density at radius 2 is 2.20 bits per heavy atom. The molecule has 0 spiro atoms. The van der Waals surface area contributed by atoms with E-state index in [1.54, 1.807) is 24.4 Å². The maximum absolute atomic E-state index is 10.9. The van der Waals surface area contributed by atoms with Crippen LogP contribution in [0.1, 0.15) is 6.92 Å². The normalized spacial score (nSPS) is 10.5.